The molecule has 0 saturated heterocycles. The highest BCUT2D eigenvalue weighted by Crippen LogP contribution is 2.11. The van der Waals surface area contributed by atoms with Gasteiger partial charge in [-0.1, -0.05) is 0 Å². The van der Waals surface area contributed by atoms with Gasteiger partial charge in [-0.15, -0.1) is 0 Å². The van der Waals surface area contributed by atoms with Gasteiger partial charge in [0, 0.05) is 18.8 Å². The molecule has 0 fully saturated rings. The Morgan fingerprint density at radius 2 is 2.19 bits per heavy atom. The summed E-state index contributed by atoms with van der Waals surface area (Å²) in [6.07, 6.45) is 1.70. The zero-order chi connectivity index (χ0) is 12.2. The van der Waals surface area contributed by atoms with Crippen molar-refractivity contribution in [1.29, 1.82) is 0 Å². The Balaban J connectivity index is 2.60. The summed E-state index contributed by atoms with van der Waals surface area (Å²) >= 11 is 0. The standard InChI is InChI=1S/C11H19N3O2/c1-8(2)16-9-5-6-12-10(14-9)13-7-11(3,4)15/h5-6,8,15H,7H2,1-4H3,(H,12,13,14). The summed E-state index contributed by atoms with van der Waals surface area (Å²) in [5.74, 6) is 0.989. The van der Waals surface area contributed by atoms with E-state index >= 15 is 0 Å². The van der Waals surface area contributed by atoms with Crippen molar-refractivity contribution >= 4 is 5.95 Å². The molecule has 16 heavy (non-hydrogen) atoms. The largest absolute Gasteiger partial charge is 0.475 e. The van der Waals surface area contributed by atoms with E-state index in [1.165, 1.54) is 0 Å². The van der Waals surface area contributed by atoms with Crippen LogP contribution < -0.4 is 10.1 Å². The topological polar surface area (TPSA) is 67.3 Å². The van der Waals surface area contributed by atoms with Crippen LogP contribution in [0.3, 0.4) is 0 Å². The van der Waals surface area contributed by atoms with Gasteiger partial charge in [-0.05, 0) is 27.7 Å². The van der Waals surface area contributed by atoms with Crippen molar-refractivity contribution in [2.75, 3.05) is 11.9 Å². The number of nitrogens with zero attached hydrogens (tertiary/aromatic N) is 2. The molecule has 5 nitrogen and oxygen atoms in total. The first kappa shape index (κ1) is 12.7. The number of hydrogen-bond acceptors (Lipinski definition) is 5. The molecule has 0 aliphatic carbocycles. The number of aliphatic hydroxyl groups is 1. The van der Waals surface area contributed by atoms with Crippen LogP contribution in [-0.2, 0) is 0 Å². The second kappa shape index (κ2) is 5.12. The summed E-state index contributed by atoms with van der Waals surface area (Å²) in [5.41, 5.74) is -0.793. The normalized spacial score (nSPS) is 11.6. The predicted octanol–water partition coefficient (Wildman–Crippen LogP) is 1.45. The van der Waals surface area contributed by atoms with E-state index in [0.717, 1.165) is 0 Å². The van der Waals surface area contributed by atoms with Gasteiger partial charge in [0.25, 0.3) is 0 Å². The van der Waals surface area contributed by atoms with E-state index < -0.39 is 5.60 Å². The van der Waals surface area contributed by atoms with Gasteiger partial charge in [-0.25, -0.2) is 4.98 Å². The summed E-state index contributed by atoms with van der Waals surface area (Å²) in [7, 11) is 0. The Morgan fingerprint density at radius 1 is 1.50 bits per heavy atom. The summed E-state index contributed by atoms with van der Waals surface area (Å²) in [5, 5.41) is 12.5. The molecule has 0 aliphatic heterocycles. The van der Waals surface area contributed by atoms with Crippen LogP contribution in [0.15, 0.2) is 12.3 Å². The van der Waals surface area contributed by atoms with E-state index in [2.05, 4.69) is 15.3 Å². The van der Waals surface area contributed by atoms with E-state index in [1.54, 1.807) is 26.1 Å². The average molecular weight is 225 g/mol. The molecule has 0 aromatic carbocycles. The van der Waals surface area contributed by atoms with Crippen molar-refractivity contribution in [1.82, 2.24) is 9.97 Å². The molecular formula is C11H19N3O2. The molecule has 1 heterocycles. The van der Waals surface area contributed by atoms with Crippen LogP contribution in [-0.4, -0.2) is 33.3 Å². The Hall–Kier alpha value is -1.36. The van der Waals surface area contributed by atoms with Gasteiger partial charge in [0.05, 0.1) is 11.7 Å². The van der Waals surface area contributed by atoms with Crippen LogP contribution in [0, 0.1) is 0 Å². The maximum Gasteiger partial charge on any atom is 0.226 e. The molecule has 90 valence electrons. The molecule has 1 rings (SSSR count). The summed E-state index contributed by atoms with van der Waals surface area (Å²) in [6.45, 7) is 7.69. The number of ether oxygens (including phenoxy) is 1. The molecule has 0 radical (unpaired) electrons. The monoisotopic (exact) mass is 225 g/mol. The van der Waals surface area contributed by atoms with E-state index in [9.17, 15) is 5.11 Å². The van der Waals surface area contributed by atoms with Crippen LogP contribution in [0.1, 0.15) is 27.7 Å². The smallest absolute Gasteiger partial charge is 0.226 e. The molecule has 5 heteroatoms. The van der Waals surface area contributed by atoms with Crippen molar-refractivity contribution in [3.8, 4) is 5.88 Å². The third kappa shape index (κ3) is 4.93. The van der Waals surface area contributed by atoms with Gasteiger partial charge in [0.15, 0.2) is 0 Å². The predicted molar refractivity (Wildman–Crippen MR) is 62.6 cm³/mol. The minimum Gasteiger partial charge on any atom is -0.475 e. The maximum absolute atomic E-state index is 9.54. The number of aromatic nitrogens is 2. The lowest BCUT2D eigenvalue weighted by Crippen LogP contribution is -2.29. The number of anilines is 1. The van der Waals surface area contributed by atoms with Gasteiger partial charge < -0.3 is 15.2 Å². The summed E-state index contributed by atoms with van der Waals surface area (Å²) in [6, 6.07) is 1.70. The Labute approximate surface area is 95.9 Å². The SMILES string of the molecule is CC(C)Oc1ccnc(NCC(C)(C)O)n1. The zero-order valence-electron chi connectivity index (χ0n) is 10.2. The molecular weight excluding hydrogens is 206 g/mol. The molecule has 0 unspecified atom stereocenters. The third-order valence-electron chi connectivity index (χ3n) is 1.67. The quantitative estimate of drug-likeness (QED) is 0.793. The number of hydrogen-bond donors (Lipinski definition) is 2. The van der Waals surface area contributed by atoms with Gasteiger partial charge in [-0.3, -0.25) is 0 Å². The lowest BCUT2D eigenvalue weighted by molar-refractivity contribution is 0.0943. The zero-order valence-corrected chi connectivity index (χ0v) is 10.2. The van der Waals surface area contributed by atoms with E-state index in [0.29, 0.717) is 18.4 Å². The molecule has 0 spiro atoms. The van der Waals surface area contributed by atoms with Crippen molar-refractivity contribution in [2.24, 2.45) is 0 Å². The van der Waals surface area contributed by atoms with Gasteiger partial charge in [-0.2, -0.15) is 4.98 Å². The summed E-state index contributed by atoms with van der Waals surface area (Å²) in [4.78, 5) is 8.20. The van der Waals surface area contributed by atoms with Crippen LogP contribution in [0.25, 0.3) is 0 Å². The lowest BCUT2D eigenvalue weighted by Gasteiger charge is -2.17. The van der Waals surface area contributed by atoms with Gasteiger partial charge >= 0.3 is 0 Å². The third-order valence-corrected chi connectivity index (χ3v) is 1.67. The number of rotatable bonds is 5. The van der Waals surface area contributed by atoms with Crippen molar-refractivity contribution < 1.29 is 9.84 Å². The minimum absolute atomic E-state index is 0.0806. The van der Waals surface area contributed by atoms with Gasteiger partial charge in [0.2, 0.25) is 11.8 Å². The highest BCUT2D eigenvalue weighted by molar-refractivity contribution is 5.27. The molecule has 0 bridgehead atoms. The van der Waals surface area contributed by atoms with Crippen molar-refractivity contribution in [3.05, 3.63) is 12.3 Å². The van der Waals surface area contributed by atoms with Crippen molar-refractivity contribution in [3.63, 3.8) is 0 Å². The van der Waals surface area contributed by atoms with Crippen LogP contribution in [0.2, 0.25) is 0 Å². The fourth-order valence-electron chi connectivity index (χ4n) is 1.03. The lowest BCUT2D eigenvalue weighted by atomic mass is 10.1. The first-order valence-electron chi connectivity index (χ1n) is 5.33. The van der Waals surface area contributed by atoms with Crippen molar-refractivity contribution in [2.45, 2.75) is 39.4 Å². The Morgan fingerprint density at radius 3 is 2.75 bits per heavy atom. The average Bonchev–Trinajstić information content (AvgIpc) is 2.13. The van der Waals surface area contributed by atoms with Crippen LogP contribution >= 0.6 is 0 Å². The molecule has 1 aromatic rings. The van der Waals surface area contributed by atoms with Crippen LogP contribution in [0.4, 0.5) is 5.95 Å². The molecule has 0 atom stereocenters. The second-order valence-corrected chi connectivity index (χ2v) is 4.55. The fraction of sp³-hybridized carbons (Fsp3) is 0.636. The second-order valence-electron chi connectivity index (χ2n) is 4.55. The van der Waals surface area contributed by atoms with Crippen LogP contribution in [0.5, 0.6) is 5.88 Å². The molecule has 0 saturated carbocycles. The van der Waals surface area contributed by atoms with E-state index in [4.69, 9.17) is 4.74 Å². The first-order valence-corrected chi connectivity index (χ1v) is 5.33. The van der Waals surface area contributed by atoms with E-state index in [1.807, 2.05) is 13.8 Å². The Bertz CT molecular complexity index is 334. The maximum atomic E-state index is 9.54. The van der Waals surface area contributed by atoms with E-state index in [-0.39, 0.29) is 6.10 Å². The molecule has 1 aromatic heterocycles. The molecule has 2 N–H and O–H groups in total. The number of nitrogens with one attached hydrogen (secondary N) is 1. The highest BCUT2D eigenvalue weighted by Gasteiger charge is 2.12. The molecule has 0 aliphatic rings. The fourth-order valence-corrected chi connectivity index (χ4v) is 1.03. The highest BCUT2D eigenvalue weighted by atomic mass is 16.5. The van der Waals surface area contributed by atoms with Gasteiger partial charge in [0.1, 0.15) is 0 Å². The summed E-state index contributed by atoms with van der Waals surface area (Å²) < 4.78 is 5.43. The Kier molecular flexibility index (Phi) is 4.06. The first-order chi connectivity index (χ1) is 7.37. The minimum atomic E-state index is -0.793. The molecule has 0 amide bonds.